The summed E-state index contributed by atoms with van der Waals surface area (Å²) in [6, 6.07) is 23.9. The maximum Gasteiger partial charge on any atom is 0.255 e. The molecule has 3 rings (SSSR count). The molecule has 3 aromatic rings. The van der Waals surface area contributed by atoms with Crippen molar-refractivity contribution in [2.24, 2.45) is 0 Å². The van der Waals surface area contributed by atoms with Crippen molar-refractivity contribution in [1.29, 1.82) is 0 Å². The van der Waals surface area contributed by atoms with Gasteiger partial charge in [0.25, 0.3) is 11.8 Å². The summed E-state index contributed by atoms with van der Waals surface area (Å²) < 4.78 is 5.80. The number of benzene rings is 3. The Bertz CT molecular complexity index is 1020. The fourth-order valence-electron chi connectivity index (χ4n) is 2.90. The minimum absolute atomic E-state index is 0.274. The fourth-order valence-corrected chi connectivity index (χ4v) is 2.90. The van der Waals surface area contributed by atoms with Crippen LogP contribution in [0.5, 0.6) is 5.75 Å². The van der Waals surface area contributed by atoms with E-state index in [1.165, 1.54) is 5.56 Å². The molecule has 0 aliphatic heterocycles. The van der Waals surface area contributed by atoms with Crippen molar-refractivity contribution in [3.8, 4) is 5.75 Å². The van der Waals surface area contributed by atoms with Crippen molar-refractivity contribution in [3.63, 3.8) is 0 Å². The van der Waals surface area contributed by atoms with Gasteiger partial charge in [0, 0.05) is 18.5 Å². The molecule has 0 radical (unpaired) electrons. The molecular weight excluding hydrogens is 376 g/mol. The van der Waals surface area contributed by atoms with Crippen molar-refractivity contribution >= 4 is 17.5 Å². The van der Waals surface area contributed by atoms with Gasteiger partial charge in [0.05, 0.1) is 17.9 Å². The standard InChI is InChI=1S/C25H24N2O3/c1-2-16-26-25(29)22-13-6-7-14-23(22)27-24(28)20-11-8-12-21(18-20)30-17-15-19-9-4-3-5-10-19/h2-14,18H,1,15-17H2,(H,26,29)(H,27,28). The van der Waals surface area contributed by atoms with Gasteiger partial charge >= 0.3 is 0 Å². The second-order valence-corrected chi connectivity index (χ2v) is 6.61. The van der Waals surface area contributed by atoms with Gasteiger partial charge in [-0.25, -0.2) is 0 Å². The highest BCUT2D eigenvalue weighted by atomic mass is 16.5. The van der Waals surface area contributed by atoms with E-state index in [1.54, 1.807) is 48.5 Å². The van der Waals surface area contributed by atoms with Crippen molar-refractivity contribution in [1.82, 2.24) is 5.32 Å². The van der Waals surface area contributed by atoms with Crippen molar-refractivity contribution in [2.75, 3.05) is 18.5 Å². The zero-order chi connectivity index (χ0) is 21.2. The van der Waals surface area contributed by atoms with Crippen LogP contribution >= 0.6 is 0 Å². The van der Waals surface area contributed by atoms with Crippen molar-refractivity contribution < 1.29 is 14.3 Å². The first-order chi connectivity index (χ1) is 14.7. The monoisotopic (exact) mass is 400 g/mol. The number of carbonyl (C=O) groups is 2. The van der Waals surface area contributed by atoms with E-state index in [0.717, 1.165) is 6.42 Å². The molecule has 30 heavy (non-hydrogen) atoms. The third-order valence-electron chi connectivity index (χ3n) is 4.43. The number of para-hydroxylation sites is 1. The molecule has 0 aliphatic carbocycles. The normalized spacial score (nSPS) is 10.1. The van der Waals surface area contributed by atoms with Gasteiger partial charge in [0.15, 0.2) is 0 Å². The zero-order valence-electron chi connectivity index (χ0n) is 16.6. The molecule has 0 saturated carbocycles. The number of anilines is 1. The van der Waals surface area contributed by atoms with Gasteiger partial charge < -0.3 is 15.4 Å². The Labute approximate surface area is 176 Å². The van der Waals surface area contributed by atoms with Gasteiger partial charge in [-0.15, -0.1) is 6.58 Å². The summed E-state index contributed by atoms with van der Waals surface area (Å²) in [5.74, 6) is 0.0341. The lowest BCUT2D eigenvalue weighted by atomic mass is 10.1. The second-order valence-electron chi connectivity index (χ2n) is 6.61. The highest BCUT2D eigenvalue weighted by Gasteiger charge is 2.14. The van der Waals surface area contributed by atoms with Crippen LogP contribution in [-0.4, -0.2) is 25.0 Å². The Kier molecular flexibility index (Phi) is 7.39. The molecule has 0 fully saturated rings. The van der Waals surface area contributed by atoms with Gasteiger partial charge in [-0.3, -0.25) is 9.59 Å². The number of carbonyl (C=O) groups excluding carboxylic acids is 2. The number of rotatable bonds is 9. The Balaban J connectivity index is 1.64. The highest BCUT2D eigenvalue weighted by Crippen LogP contribution is 2.19. The summed E-state index contributed by atoms with van der Waals surface area (Å²) in [5.41, 5.74) is 2.48. The van der Waals surface area contributed by atoms with E-state index in [1.807, 2.05) is 24.3 Å². The molecule has 0 aromatic heterocycles. The summed E-state index contributed by atoms with van der Waals surface area (Å²) in [5, 5.41) is 5.53. The molecule has 2 N–H and O–H groups in total. The lowest BCUT2D eigenvalue weighted by Gasteiger charge is -2.12. The topological polar surface area (TPSA) is 67.4 Å². The van der Waals surface area contributed by atoms with Gasteiger partial charge in [-0.1, -0.05) is 54.6 Å². The summed E-state index contributed by atoms with van der Waals surface area (Å²) >= 11 is 0. The van der Waals surface area contributed by atoms with E-state index in [4.69, 9.17) is 4.74 Å². The van der Waals surface area contributed by atoms with Crippen molar-refractivity contribution in [3.05, 3.63) is 108 Å². The van der Waals surface area contributed by atoms with Crippen LogP contribution in [0.2, 0.25) is 0 Å². The summed E-state index contributed by atoms with van der Waals surface area (Å²) in [7, 11) is 0. The average Bonchev–Trinajstić information content (AvgIpc) is 2.79. The Hall–Kier alpha value is -3.86. The van der Waals surface area contributed by atoms with Crippen molar-refractivity contribution in [2.45, 2.75) is 6.42 Å². The average molecular weight is 400 g/mol. The maximum absolute atomic E-state index is 12.7. The Morgan fingerprint density at radius 3 is 2.47 bits per heavy atom. The number of ether oxygens (including phenoxy) is 1. The SMILES string of the molecule is C=CCNC(=O)c1ccccc1NC(=O)c1cccc(OCCc2ccccc2)c1. The molecule has 0 bridgehead atoms. The van der Waals surface area contributed by atoms with E-state index in [9.17, 15) is 9.59 Å². The van der Waals surface area contributed by atoms with Gasteiger partial charge in [-0.05, 0) is 35.9 Å². The molecule has 0 saturated heterocycles. The molecule has 2 amide bonds. The first-order valence-electron chi connectivity index (χ1n) is 9.73. The maximum atomic E-state index is 12.7. The number of nitrogens with one attached hydrogen (secondary N) is 2. The number of amides is 2. The van der Waals surface area contributed by atoms with Crippen LogP contribution in [0, 0.1) is 0 Å². The van der Waals surface area contributed by atoms with Crippen LogP contribution in [0.1, 0.15) is 26.3 Å². The van der Waals surface area contributed by atoms with Gasteiger partial charge in [0.1, 0.15) is 5.75 Å². The Morgan fingerprint density at radius 1 is 0.900 bits per heavy atom. The van der Waals surface area contributed by atoms with Crippen LogP contribution in [0.4, 0.5) is 5.69 Å². The van der Waals surface area contributed by atoms with Crippen LogP contribution in [0.25, 0.3) is 0 Å². The van der Waals surface area contributed by atoms with Crippen LogP contribution in [-0.2, 0) is 6.42 Å². The summed E-state index contributed by atoms with van der Waals surface area (Å²) in [6.07, 6.45) is 2.38. The van der Waals surface area contributed by atoms with Gasteiger partial charge in [-0.2, -0.15) is 0 Å². The van der Waals surface area contributed by atoms with Crippen LogP contribution < -0.4 is 15.4 Å². The lowest BCUT2D eigenvalue weighted by Crippen LogP contribution is -2.25. The van der Waals surface area contributed by atoms with Gasteiger partial charge in [0.2, 0.25) is 0 Å². The van der Waals surface area contributed by atoms with E-state index >= 15 is 0 Å². The minimum atomic E-state index is -0.313. The second kappa shape index (κ2) is 10.6. The first-order valence-corrected chi connectivity index (χ1v) is 9.73. The fraction of sp³-hybridized carbons (Fsp3) is 0.120. The quantitative estimate of drug-likeness (QED) is 0.521. The lowest BCUT2D eigenvalue weighted by molar-refractivity contribution is 0.0959. The summed E-state index contributed by atoms with van der Waals surface area (Å²) in [4.78, 5) is 25.0. The molecule has 5 nitrogen and oxygen atoms in total. The molecular formula is C25H24N2O3. The first kappa shape index (κ1) is 20.9. The highest BCUT2D eigenvalue weighted by molar-refractivity contribution is 6.09. The zero-order valence-corrected chi connectivity index (χ0v) is 16.6. The van der Waals surface area contributed by atoms with Crippen LogP contribution in [0.15, 0.2) is 91.5 Å². The minimum Gasteiger partial charge on any atom is -0.493 e. The molecule has 3 aromatic carbocycles. The number of hydrogen-bond donors (Lipinski definition) is 2. The molecule has 5 heteroatoms. The molecule has 0 aliphatic rings. The van der Waals surface area contributed by atoms with Crippen LogP contribution in [0.3, 0.4) is 0 Å². The molecule has 152 valence electrons. The molecule has 0 atom stereocenters. The molecule has 0 heterocycles. The van der Waals surface area contributed by atoms with E-state index in [0.29, 0.717) is 35.7 Å². The Morgan fingerprint density at radius 2 is 1.67 bits per heavy atom. The van der Waals surface area contributed by atoms with E-state index < -0.39 is 0 Å². The third kappa shape index (κ3) is 5.82. The van der Waals surface area contributed by atoms with E-state index in [2.05, 4.69) is 29.3 Å². The predicted octanol–water partition coefficient (Wildman–Crippen LogP) is 4.48. The number of hydrogen-bond acceptors (Lipinski definition) is 3. The third-order valence-corrected chi connectivity index (χ3v) is 4.43. The largest absolute Gasteiger partial charge is 0.493 e. The smallest absolute Gasteiger partial charge is 0.255 e. The summed E-state index contributed by atoms with van der Waals surface area (Å²) in [6.45, 7) is 4.45. The molecule has 0 unspecified atom stereocenters. The predicted molar refractivity (Wildman–Crippen MR) is 119 cm³/mol. The van der Waals surface area contributed by atoms with E-state index in [-0.39, 0.29) is 11.8 Å². The molecule has 0 spiro atoms.